The van der Waals surface area contributed by atoms with E-state index in [1.807, 2.05) is 16.7 Å². The van der Waals surface area contributed by atoms with Gasteiger partial charge in [-0.1, -0.05) is 34.6 Å². The maximum atomic E-state index is 14.0. The largest absolute Gasteiger partial charge is 0.343 e. The van der Waals surface area contributed by atoms with E-state index < -0.39 is 27.4 Å². The molecule has 0 saturated carbocycles. The SMILES string of the molecule is C=S1C(=O)NC(=O)C1c1cccc2c1ccn2Cc1ccc(F)cc1F. The Bertz CT molecular complexity index is 1090. The number of carbonyl (C=O) groups is 2. The first-order chi connectivity index (χ1) is 12.5. The Labute approximate surface area is 150 Å². The summed E-state index contributed by atoms with van der Waals surface area (Å²) in [4.78, 5) is 23.9. The molecular weight excluding hydrogens is 358 g/mol. The zero-order valence-corrected chi connectivity index (χ0v) is 14.4. The molecule has 1 fully saturated rings. The van der Waals surface area contributed by atoms with Crippen LogP contribution in [0.15, 0.2) is 48.7 Å². The van der Waals surface area contributed by atoms with Crippen LogP contribution in [0.5, 0.6) is 0 Å². The van der Waals surface area contributed by atoms with Gasteiger partial charge in [0.25, 0.3) is 5.24 Å². The number of carbonyl (C=O) groups excluding carboxylic acids is 2. The molecule has 1 saturated heterocycles. The van der Waals surface area contributed by atoms with E-state index in [0.717, 1.165) is 22.5 Å². The summed E-state index contributed by atoms with van der Waals surface area (Å²) < 4.78 is 28.9. The summed E-state index contributed by atoms with van der Waals surface area (Å²) in [5.41, 5.74) is 1.89. The van der Waals surface area contributed by atoms with Crippen molar-refractivity contribution in [3.63, 3.8) is 0 Å². The van der Waals surface area contributed by atoms with E-state index in [4.69, 9.17) is 0 Å². The van der Waals surface area contributed by atoms with E-state index >= 15 is 0 Å². The highest BCUT2D eigenvalue weighted by Gasteiger charge is 2.36. The second-order valence-corrected chi connectivity index (χ2v) is 7.74. The minimum Gasteiger partial charge on any atom is -0.343 e. The van der Waals surface area contributed by atoms with Crippen LogP contribution < -0.4 is 5.32 Å². The van der Waals surface area contributed by atoms with Gasteiger partial charge in [0, 0.05) is 28.7 Å². The molecule has 1 N–H and O–H groups in total. The number of rotatable bonds is 3. The van der Waals surface area contributed by atoms with Crippen molar-refractivity contribution in [3.8, 4) is 0 Å². The van der Waals surface area contributed by atoms with Gasteiger partial charge in [0.2, 0.25) is 5.91 Å². The normalized spacial score (nSPS) is 19.9. The van der Waals surface area contributed by atoms with E-state index in [-0.39, 0.29) is 17.7 Å². The summed E-state index contributed by atoms with van der Waals surface area (Å²) >= 11 is 0. The molecule has 0 bridgehead atoms. The highest BCUT2D eigenvalue weighted by atomic mass is 32.2. The molecule has 1 aliphatic heterocycles. The molecule has 2 atom stereocenters. The monoisotopic (exact) mass is 372 g/mol. The van der Waals surface area contributed by atoms with Crippen LogP contribution >= 0.6 is 10.5 Å². The van der Waals surface area contributed by atoms with E-state index in [9.17, 15) is 18.4 Å². The number of nitrogens with zero attached hydrogens (tertiary/aromatic N) is 1. The minimum atomic E-state index is -0.988. The first-order valence-electron chi connectivity index (χ1n) is 7.85. The van der Waals surface area contributed by atoms with Gasteiger partial charge in [-0.15, -0.1) is 0 Å². The molecule has 2 amide bonds. The van der Waals surface area contributed by atoms with Crippen molar-refractivity contribution in [1.82, 2.24) is 9.88 Å². The van der Waals surface area contributed by atoms with Gasteiger partial charge in [-0.05, 0) is 23.8 Å². The lowest BCUT2D eigenvalue weighted by Gasteiger charge is -2.12. The van der Waals surface area contributed by atoms with Crippen molar-refractivity contribution in [2.75, 3.05) is 0 Å². The molecule has 1 aromatic heterocycles. The molecule has 0 spiro atoms. The summed E-state index contributed by atoms with van der Waals surface area (Å²) in [6, 6.07) is 10.8. The van der Waals surface area contributed by atoms with E-state index in [1.54, 1.807) is 18.3 Å². The highest BCUT2D eigenvalue weighted by Crippen LogP contribution is 2.42. The molecule has 0 aliphatic carbocycles. The van der Waals surface area contributed by atoms with Crippen LogP contribution in [0, 0.1) is 11.6 Å². The first kappa shape index (κ1) is 16.7. The fourth-order valence-corrected chi connectivity index (χ4v) is 4.48. The van der Waals surface area contributed by atoms with Gasteiger partial charge in [-0.2, -0.15) is 0 Å². The standard InChI is InChI=1S/C19H14F2N2O2S/c1-26-17(18(24)22-19(26)25)14-3-2-4-16-13(14)7-8-23(16)10-11-5-6-12(20)9-15(11)21/h2-9,17H,1,10H2,(H,22,24,25). The zero-order valence-electron chi connectivity index (χ0n) is 13.5. The fourth-order valence-electron chi connectivity index (χ4n) is 3.21. The summed E-state index contributed by atoms with van der Waals surface area (Å²) in [6.07, 6.45) is 1.78. The molecule has 3 aromatic rings. The van der Waals surface area contributed by atoms with Crippen molar-refractivity contribution in [1.29, 1.82) is 0 Å². The number of benzene rings is 2. The highest BCUT2D eigenvalue weighted by molar-refractivity contribution is 8.28. The summed E-state index contributed by atoms with van der Waals surface area (Å²) in [5.74, 6) is 2.25. The summed E-state index contributed by atoms with van der Waals surface area (Å²) in [6.45, 7) is 0.227. The third-order valence-electron chi connectivity index (χ3n) is 4.47. The predicted molar refractivity (Wildman–Crippen MR) is 98.4 cm³/mol. The van der Waals surface area contributed by atoms with Crippen molar-refractivity contribution >= 4 is 38.4 Å². The van der Waals surface area contributed by atoms with Crippen LogP contribution in [0.1, 0.15) is 16.4 Å². The van der Waals surface area contributed by atoms with E-state index in [0.29, 0.717) is 5.56 Å². The van der Waals surface area contributed by atoms with Crippen LogP contribution in [0.3, 0.4) is 0 Å². The molecular formula is C19H14F2N2O2S. The lowest BCUT2D eigenvalue weighted by Crippen LogP contribution is -2.20. The lowest BCUT2D eigenvalue weighted by molar-refractivity contribution is -0.119. The van der Waals surface area contributed by atoms with Crippen molar-refractivity contribution in [2.24, 2.45) is 0 Å². The van der Waals surface area contributed by atoms with E-state index in [1.165, 1.54) is 12.1 Å². The third-order valence-corrected chi connectivity index (χ3v) is 6.09. The Kier molecular flexibility index (Phi) is 3.96. The van der Waals surface area contributed by atoms with Gasteiger partial charge in [0.15, 0.2) is 0 Å². The van der Waals surface area contributed by atoms with Gasteiger partial charge in [0.05, 0.1) is 6.54 Å². The van der Waals surface area contributed by atoms with Gasteiger partial charge in [-0.25, -0.2) is 8.78 Å². The van der Waals surface area contributed by atoms with Gasteiger partial charge in [0.1, 0.15) is 16.9 Å². The molecule has 7 heteroatoms. The van der Waals surface area contributed by atoms with Crippen molar-refractivity contribution < 1.29 is 18.4 Å². The number of amides is 2. The molecule has 4 rings (SSSR count). The number of imide groups is 1. The van der Waals surface area contributed by atoms with Gasteiger partial charge < -0.3 is 4.57 Å². The zero-order chi connectivity index (χ0) is 18.4. The Morgan fingerprint density at radius 3 is 2.65 bits per heavy atom. The van der Waals surface area contributed by atoms with Gasteiger partial charge in [-0.3, -0.25) is 14.9 Å². The minimum absolute atomic E-state index is 0.227. The van der Waals surface area contributed by atoms with Crippen LogP contribution in [0.25, 0.3) is 10.9 Å². The molecule has 2 heterocycles. The molecule has 132 valence electrons. The Hall–Kier alpha value is -2.80. The number of hydrogen-bond acceptors (Lipinski definition) is 2. The summed E-state index contributed by atoms with van der Waals surface area (Å²) in [5, 5.41) is 2.15. The van der Waals surface area contributed by atoms with Crippen molar-refractivity contribution in [3.05, 3.63) is 71.4 Å². The Balaban J connectivity index is 1.77. The summed E-state index contributed by atoms with van der Waals surface area (Å²) in [7, 11) is -0.988. The Morgan fingerprint density at radius 1 is 1.15 bits per heavy atom. The fraction of sp³-hybridized carbons (Fsp3) is 0.105. The number of aromatic nitrogens is 1. The second-order valence-electron chi connectivity index (χ2n) is 6.05. The lowest BCUT2D eigenvalue weighted by atomic mass is 10.1. The smallest absolute Gasteiger partial charge is 0.280 e. The Morgan fingerprint density at radius 2 is 1.96 bits per heavy atom. The number of nitrogens with one attached hydrogen (secondary N) is 1. The molecule has 26 heavy (non-hydrogen) atoms. The van der Waals surface area contributed by atoms with Crippen LogP contribution in [0.4, 0.5) is 13.6 Å². The molecule has 1 aliphatic rings. The molecule has 0 radical (unpaired) electrons. The van der Waals surface area contributed by atoms with Crippen molar-refractivity contribution in [2.45, 2.75) is 11.8 Å². The van der Waals surface area contributed by atoms with Crippen LogP contribution in [0.2, 0.25) is 0 Å². The second kappa shape index (κ2) is 6.17. The first-order valence-corrected chi connectivity index (χ1v) is 9.30. The quantitative estimate of drug-likeness (QED) is 0.708. The number of fused-ring (bicyclic) bond motifs is 1. The topological polar surface area (TPSA) is 51.1 Å². The predicted octanol–water partition coefficient (Wildman–Crippen LogP) is 3.96. The molecule has 2 aromatic carbocycles. The maximum Gasteiger partial charge on any atom is 0.280 e. The van der Waals surface area contributed by atoms with Crippen LogP contribution in [-0.2, 0) is 11.3 Å². The van der Waals surface area contributed by atoms with Crippen LogP contribution in [-0.4, -0.2) is 21.6 Å². The maximum absolute atomic E-state index is 14.0. The number of halogens is 2. The molecule has 4 nitrogen and oxygen atoms in total. The average molecular weight is 372 g/mol. The third kappa shape index (κ3) is 2.64. The van der Waals surface area contributed by atoms with Gasteiger partial charge >= 0.3 is 0 Å². The van der Waals surface area contributed by atoms with E-state index in [2.05, 4.69) is 11.2 Å². The molecule has 2 unspecified atom stereocenters. The average Bonchev–Trinajstić information content (AvgIpc) is 3.11. The number of hydrogen-bond donors (Lipinski definition) is 1.